The summed E-state index contributed by atoms with van der Waals surface area (Å²) in [5.74, 6) is 1.43. The van der Waals surface area contributed by atoms with Gasteiger partial charge < -0.3 is 10.3 Å². The van der Waals surface area contributed by atoms with Crippen molar-refractivity contribution < 1.29 is 0 Å². The summed E-state index contributed by atoms with van der Waals surface area (Å²) in [5, 5.41) is 3.36. The van der Waals surface area contributed by atoms with E-state index in [2.05, 4.69) is 15.3 Å². The minimum Gasteiger partial charge on any atom is -0.316 e. The van der Waals surface area contributed by atoms with Crippen LogP contribution in [-0.4, -0.2) is 23.1 Å². The average molecular weight is 207 g/mol. The largest absolute Gasteiger partial charge is 0.316 e. The number of aryl methyl sites for hydroxylation is 1. The number of H-pyrrole nitrogens is 1. The number of hydrogen-bond acceptors (Lipinski definition) is 3. The first-order valence-electron chi connectivity index (χ1n) is 5.51. The monoisotopic (exact) mass is 207 g/mol. The van der Waals surface area contributed by atoms with Crippen LogP contribution < -0.4 is 10.9 Å². The maximum atomic E-state index is 11.4. The second-order valence-electron chi connectivity index (χ2n) is 4.26. The van der Waals surface area contributed by atoms with Gasteiger partial charge in [0, 0.05) is 18.2 Å². The van der Waals surface area contributed by atoms with Crippen LogP contribution in [0.3, 0.4) is 0 Å². The van der Waals surface area contributed by atoms with E-state index in [1.807, 2.05) is 0 Å². The van der Waals surface area contributed by atoms with E-state index >= 15 is 0 Å². The van der Waals surface area contributed by atoms with Crippen LogP contribution in [-0.2, 0) is 6.42 Å². The summed E-state index contributed by atoms with van der Waals surface area (Å²) in [7, 11) is 0. The van der Waals surface area contributed by atoms with Gasteiger partial charge in [-0.1, -0.05) is 0 Å². The highest BCUT2D eigenvalue weighted by molar-refractivity contribution is 5.03. The Balaban J connectivity index is 2.03. The third kappa shape index (κ3) is 2.65. The maximum absolute atomic E-state index is 11.4. The number of nitrogens with zero attached hydrogens (tertiary/aromatic N) is 1. The normalized spacial score (nSPS) is 21.5. The molecule has 15 heavy (non-hydrogen) atoms. The molecule has 1 aromatic rings. The van der Waals surface area contributed by atoms with Crippen molar-refractivity contribution >= 4 is 0 Å². The van der Waals surface area contributed by atoms with Crippen molar-refractivity contribution in [1.82, 2.24) is 15.3 Å². The molecule has 2 heterocycles. The van der Waals surface area contributed by atoms with Gasteiger partial charge in [0.15, 0.2) is 0 Å². The highest BCUT2D eigenvalue weighted by Crippen LogP contribution is 2.13. The first-order valence-corrected chi connectivity index (χ1v) is 5.51. The van der Waals surface area contributed by atoms with Gasteiger partial charge in [0.2, 0.25) is 0 Å². The summed E-state index contributed by atoms with van der Waals surface area (Å²) in [6, 6.07) is 0. The fourth-order valence-electron chi connectivity index (χ4n) is 1.97. The van der Waals surface area contributed by atoms with Gasteiger partial charge in [0.05, 0.1) is 0 Å². The molecule has 1 saturated heterocycles. The molecule has 0 aliphatic carbocycles. The molecule has 1 aliphatic heterocycles. The van der Waals surface area contributed by atoms with Crippen molar-refractivity contribution in [2.24, 2.45) is 5.92 Å². The zero-order valence-corrected chi connectivity index (χ0v) is 9.05. The number of rotatable bonds is 2. The molecule has 1 fully saturated rings. The summed E-state index contributed by atoms with van der Waals surface area (Å²) >= 11 is 0. The Morgan fingerprint density at radius 2 is 2.47 bits per heavy atom. The van der Waals surface area contributed by atoms with E-state index in [0.717, 1.165) is 25.3 Å². The van der Waals surface area contributed by atoms with Crippen LogP contribution in [0.1, 0.15) is 24.2 Å². The van der Waals surface area contributed by atoms with Crippen LogP contribution in [0.2, 0.25) is 0 Å². The zero-order chi connectivity index (χ0) is 10.7. The second-order valence-corrected chi connectivity index (χ2v) is 4.26. The molecule has 0 amide bonds. The molecule has 1 aromatic heterocycles. The van der Waals surface area contributed by atoms with Crippen molar-refractivity contribution in [3.05, 3.63) is 27.9 Å². The quantitative estimate of drug-likeness (QED) is 0.747. The summed E-state index contributed by atoms with van der Waals surface area (Å²) < 4.78 is 0. The average Bonchev–Trinajstić information content (AvgIpc) is 2.25. The second kappa shape index (κ2) is 4.57. The Labute approximate surface area is 89.1 Å². The van der Waals surface area contributed by atoms with Gasteiger partial charge in [-0.2, -0.15) is 0 Å². The molecule has 4 heteroatoms. The van der Waals surface area contributed by atoms with E-state index in [0.29, 0.717) is 11.5 Å². The topological polar surface area (TPSA) is 57.8 Å². The molecule has 4 nitrogen and oxygen atoms in total. The Hall–Kier alpha value is -1.16. The summed E-state index contributed by atoms with van der Waals surface area (Å²) in [6.07, 6.45) is 4.98. The van der Waals surface area contributed by atoms with Crippen molar-refractivity contribution in [2.75, 3.05) is 13.1 Å². The number of aromatic amines is 1. The molecule has 82 valence electrons. The third-order valence-electron chi connectivity index (χ3n) is 2.91. The molecule has 0 bridgehead atoms. The molecule has 0 saturated carbocycles. The third-order valence-corrected chi connectivity index (χ3v) is 2.91. The van der Waals surface area contributed by atoms with Crippen LogP contribution in [0.5, 0.6) is 0 Å². The number of aromatic nitrogens is 2. The van der Waals surface area contributed by atoms with Crippen molar-refractivity contribution in [1.29, 1.82) is 0 Å². The minimum absolute atomic E-state index is 0.0104. The fourth-order valence-corrected chi connectivity index (χ4v) is 1.97. The zero-order valence-electron chi connectivity index (χ0n) is 9.05. The molecule has 0 aromatic carbocycles. The van der Waals surface area contributed by atoms with E-state index in [1.165, 1.54) is 12.8 Å². The molecule has 2 rings (SSSR count). The van der Waals surface area contributed by atoms with Gasteiger partial charge in [0.1, 0.15) is 5.82 Å². The van der Waals surface area contributed by atoms with Gasteiger partial charge in [-0.3, -0.25) is 4.79 Å². The highest BCUT2D eigenvalue weighted by atomic mass is 16.1. The molecule has 1 unspecified atom stereocenters. The summed E-state index contributed by atoms with van der Waals surface area (Å²) in [5.41, 5.74) is 0.671. The lowest BCUT2D eigenvalue weighted by Gasteiger charge is -2.21. The first kappa shape index (κ1) is 10.4. The van der Waals surface area contributed by atoms with Crippen LogP contribution in [0.4, 0.5) is 0 Å². The van der Waals surface area contributed by atoms with Crippen molar-refractivity contribution in [3.8, 4) is 0 Å². The van der Waals surface area contributed by atoms with Crippen LogP contribution >= 0.6 is 0 Å². The Kier molecular flexibility index (Phi) is 3.16. The fraction of sp³-hybridized carbons (Fsp3) is 0.636. The lowest BCUT2D eigenvalue weighted by Crippen LogP contribution is -2.31. The van der Waals surface area contributed by atoms with Crippen LogP contribution in [0.25, 0.3) is 0 Å². The number of nitrogens with one attached hydrogen (secondary N) is 2. The Morgan fingerprint density at radius 1 is 1.60 bits per heavy atom. The SMILES string of the molecule is Cc1cnc(CC2CCCNC2)[nH]c1=O. The van der Waals surface area contributed by atoms with E-state index in [-0.39, 0.29) is 5.56 Å². The van der Waals surface area contributed by atoms with Gasteiger partial charge >= 0.3 is 0 Å². The molecule has 0 radical (unpaired) electrons. The Bertz CT molecular complexity index is 380. The lowest BCUT2D eigenvalue weighted by atomic mass is 9.96. The first-order chi connectivity index (χ1) is 7.25. The molecule has 1 aliphatic rings. The van der Waals surface area contributed by atoms with E-state index in [4.69, 9.17) is 0 Å². The van der Waals surface area contributed by atoms with Crippen molar-refractivity contribution in [2.45, 2.75) is 26.2 Å². The van der Waals surface area contributed by atoms with E-state index in [1.54, 1.807) is 13.1 Å². The molecule has 0 spiro atoms. The predicted molar refractivity (Wildman–Crippen MR) is 58.9 cm³/mol. The Morgan fingerprint density at radius 3 is 3.13 bits per heavy atom. The van der Waals surface area contributed by atoms with E-state index < -0.39 is 0 Å². The number of hydrogen-bond donors (Lipinski definition) is 2. The van der Waals surface area contributed by atoms with E-state index in [9.17, 15) is 4.79 Å². The predicted octanol–water partition coefficient (Wildman–Crippen LogP) is 0.620. The van der Waals surface area contributed by atoms with Gasteiger partial charge in [-0.25, -0.2) is 4.98 Å². The summed E-state index contributed by atoms with van der Waals surface area (Å²) in [4.78, 5) is 18.4. The maximum Gasteiger partial charge on any atom is 0.253 e. The molecule has 2 N–H and O–H groups in total. The minimum atomic E-state index is -0.0104. The van der Waals surface area contributed by atoms with Crippen LogP contribution in [0, 0.1) is 12.8 Å². The highest BCUT2D eigenvalue weighted by Gasteiger charge is 2.14. The summed E-state index contributed by atoms with van der Waals surface area (Å²) in [6.45, 7) is 3.93. The van der Waals surface area contributed by atoms with Crippen LogP contribution in [0.15, 0.2) is 11.0 Å². The standard InChI is InChI=1S/C11H17N3O/c1-8-6-13-10(14-11(8)15)5-9-3-2-4-12-7-9/h6,9,12H,2-5,7H2,1H3,(H,13,14,15). The van der Waals surface area contributed by atoms with Crippen molar-refractivity contribution in [3.63, 3.8) is 0 Å². The number of piperidine rings is 1. The smallest absolute Gasteiger partial charge is 0.253 e. The molecular formula is C11H17N3O. The molecule has 1 atom stereocenters. The lowest BCUT2D eigenvalue weighted by molar-refractivity contribution is 0.370. The van der Waals surface area contributed by atoms with Gasteiger partial charge in [-0.15, -0.1) is 0 Å². The van der Waals surface area contributed by atoms with Gasteiger partial charge in [0.25, 0.3) is 5.56 Å². The van der Waals surface area contributed by atoms with Gasteiger partial charge in [-0.05, 0) is 38.8 Å². The molecular weight excluding hydrogens is 190 g/mol.